The summed E-state index contributed by atoms with van der Waals surface area (Å²) in [5, 5.41) is 9.12. The third kappa shape index (κ3) is 28.2. The molecule has 0 amide bonds. The Balaban J connectivity index is 3.98. The van der Waals surface area contributed by atoms with Gasteiger partial charge < -0.3 is 23.6 Å². The van der Waals surface area contributed by atoms with Crippen molar-refractivity contribution in [3.05, 3.63) is 0 Å². The second-order valence-corrected chi connectivity index (χ2v) is 15.7. The van der Waals surface area contributed by atoms with Crippen molar-refractivity contribution in [2.24, 2.45) is 0 Å². The standard InChI is InChI=1S/C34H73NO4Si/c1-6-9-11-13-14-15-16-17-19-25-32-37-34(27-8-3)39-40(4,5)38-33-26-20-18-22-29-35(30-23-24-31-36)28-21-12-10-7-2/h34,36H,6-33H2,1-5H3. The number of unbranched alkanes of at least 4 members (excludes halogenated alkanes) is 16. The molecule has 6 heteroatoms. The van der Waals surface area contributed by atoms with Crippen LogP contribution in [0.3, 0.4) is 0 Å². The van der Waals surface area contributed by atoms with Crippen LogP contribution >= 0.6 is 0 Å². The van der Waals surface area contributed by atoms with Crippen molar-refractivity contribution in [3.8, 4) is 0 Å². The molecule has 0 spiro atoms. The van der Waals surface area contributed by atoms with E-state index in [1.54, 1.807) is 0 Å². The van der Waals surface area contributed by atoms with Crippen molar-refractivity contribution >= 4 is 8.56 Å². The summed E-state index contributed by atoms with van der Waals surface area (Å²) in [5.41, 5.74) is 0. The second-order valence-electron chi connectivity index (χ2n) is 12.4. The SMILES string of the molecule is CCCCCCCCCCCCOC(CCC)O[Si](C)(C)OCCCCCCN(CCCCO)CCCCCC. The number of hydrogen-bond acceptors (Lipinski definition) is 5. The highest BCUT2D eigenvalue weighted by atomic mass is 28.4. The molecular weight excluding hydrogens is 514 g/mol. The maximum atomic E-state index is 9.12. The lowest BCUT2D eigenvalue weighted by molar-refractivity contribution is -0.103. The zero-order chi connectivity index (χ0) is 29.6. The normalized spacial score (nSPS) is 13.0. The molecule has 0 aliphatic rings. The van der Waals surface area contributed by atoms with E-state index < -0.39 is 8.56 Å². The van der Waals surface area contributed by atoms with Gasteiger partial charge in [0.15, 0.2) is 0 Å². The molecule has 0 rings (SSSR count). The molecule has 0 aromatic rings. The largest absolute Gasteiger partial charge is 0.396 e. The summed E-state index contributed by atoms with van der Waals surface area (Å²) < 4.78 is 18.8. The first kappa shape index (κ1) is 40.0. The van der Waals surface area contributed by atoms with Crippen LogP contribution in [0.5, 0.6) is 0 Å². The van der Waals surface area contributed by atoms with Gasteiger partial charge in [-0.05, 0) is 77.7 Å². The zero-order valence-corrected chi connectivity index (χ0v) is 29.0. The van der Waals surface area contributed by atoms with Crippen LogP contribution in [0.1, 0.15) is 162 Å². The Morgan fingerprint density at radius 3 is 1.52 bits per heavy atom. The van der Waals surface area contributed by atoms with E-state index in [4.69, 9.17) is 18.7 Å². The first-order chi connectivity index (χ1) is 19.5. The van der Waals surface area contributed by atoms with Crippen molar-refractivity contribution in [1.82, 2.24) is 4.90 Å². The van der Waals surface area contributed by atoms with E-state index in [1.807, 2.05) is 0 Å². The Morgan fingerprint density at radius 2 is 1.00 bits per heavy atom. The van der Waals surface area contributed by atoms with E-state index in [9.17, 15) is 0 Å². The van der Waals surface area contributed by atoms with Gasteiger partial charge in [-0.25, -0.2) is 0 Å². The molecule has 0 aromatic carbocycles. The topological polar surface area (TPSA) is 51.2 Å². The van der Waals surface area contributed by atoms with Gasteiger partial charge in [0, 0.05) is 19.8 Å². The summed E-state index contributed by atoms with van der Waals surface area (Å²) in [7, 11) is -2.18. The summed E-state index contributed by atoms with van der Waals surface area (Å²) in [6, 6.07) is 0. The minimum Gasteiger partial charge on any atom is -0.396 e. The van der Waals surface area contributed by atoms with Crippen LogP contribution in [0.2, 0.25) is 13.1 Å². The molecule has 40 heavy (non-hydrogen) atoms. The van der Waals surface area contributed by atoms with Crippen molar-refractivity contribution in [1.29, 1.82) is 0 Å². The van der Waals surface area contributed by atoms with Gasteiger partial charge in [-0.3, -0.25) is 0 Å². The molecule has 0 bridgehead atoms. The first-order valence-electron chi connectivity index (χ1n) is 17.8. The lowest BCUT2D eigenvalue weighted by Crippen LogP contribution is -2.40. The lowest BCUT2D eigenvalue weighted by atomic mass is 10.1. The minimum absolute atomic E-state index is 0.112. The molecule has 1 atom stereocenters. The van der Waals surface area contributed by atoms with Crippen molar-refractivity contribution in [2.75, 3.05) is 39.5 Å². The van der Waals surface area contributed by atoms with Crippen molar-refractivity contribution in [2.45, 2.75) is 181 Å². The number of rotatable bonds is 33. The van der Waals surface area contributed by atoms with E-state index in [0.29, 0.717) is 6.61 Å². The molecule has 1 unspecified atom stereocenters. The molecule has 0 aliphatic carbocycles. The van der Waals surface area contributed by atoms with Gasteiger partial charge in [-0.1, -0.05) is 117 Å². The maximum absolute atomic E-state index is 9.12. The quantitative estimate of drug-likeness (QED) is 0.0470. The molecular formula is C34H73NO4Si. The smallest absolute Gasteiger partial charge is 0.333 e. The minimum atomic E-state index is -2.18. The van der Waals surface area contributed by atoms with Crippen LogP contribution in [-0.4, -0.2) is 64.3 Å². The predicted octanol–water partition coefficient (Wildman–Crippen LogP) is 10.0. The third-order valence-corrected chi connectivity index (χ3v) is 9.50. The van der Waals surface area contributed by atoms with Crippen LogP contribution < -0.4 is 0 Å². The predicted molar refractivity (Wildman–Crippen MR) is 176 cm³/mol. The molecule has 0 fully saturated rings. The fraction of sp³-hybridized carbons (Fsp3) is 1.00. The first-order valence-corrected chi connectivity index (χ1v) is 20.6. The lowest BCUT2D eigenvalue weighted by Gasteiger charge is -2.29. The van der Waals surface area contributed by atoms with Crippen LogP contribution in [0.25, 0.3) is 0 Å². The molecule has 0 heterocycles. The Hall–Kier alpha value is 0.0169. The molecule has 0 saturated heterocycles. The number of hydrogen-bond donors (Lipinski definition) is 1. The average Bonchev–Trinajstić information content (AvgIpc) is 2.93. The number of ether oxygens (including phenoxy) is 1. The van der Waals surface area contributed by atoms with Gasteiger partial charge in [0.2, 0.25) is 0 Å². The monoisotopic (exact) mass is 588 g/mol. The Labute approximate surface area is 252 Å². The van der Waals surface area contributed by atoms with Crippen LogP contribution in [0.4, 0.5) is 0 Å². The van der Waals surface area contributed by atoms with Crippen LogP contribution in [-0.2, 0) is 13.6 Å². The Kier molecular flexibility index (Phi) is 30.5. The number of aliphatic hydroxyl groups excluding tert-OH is 1. The number of nitrogens with zero attached hydrogens (tertiary/aromatic N) is 1. The summed E-state index contributed by atoms with van der Waals surface area (Å²) in [6.45, 7) is 16.6. The van der Waals surface area contributed by atoms with Gasteiger partial charge in [0.05, 0.1) is 0 Å². The second kappa shape index (κ2) is 30.5. The number of aliphatic hydroxyl groups is 1. The van der Waals surface area contributed by atoms with Crippen molar-refractivity contribution < 1.29 is 18.7 Å². The fourth-order valence-corrected chi connectivity index (χ4v) is 6.74. The Morgan fingerprint density at radius 1 is 0.550 bits per heavy atom. The molecule has 5 nitrogen and oxygen atoms in total. The third-order valence-electron chi connectivity index (χ3n) is 7.77. The fourth-order valence-electron chi connectivity index (χ4n) is 5.22. The Bertz CT molecular complexity index is 495. The summed E-state index contributed by atoms with van der Waals surface area (Å²) in [5.74, 6) is 0. The summed E-state index contributed by atoms with van der Waals surface area (Å²) in [4.78, 5) is 2.62. The molecule has 0 radical (unpaired) electrons. The van der Waals surface area contributed by atoms with Crippen molar-refractivity contribution in [3.63, 3.8) is 0 Å². The van der Waals surface area contributed by atoms with Gasteiger partial charge in [0.25, 0.3) is 0 Å². The van der Waals surface area contributed by atoms with E-state index in [2.05, 4.69) is 38.8 Å². The highest BCUT2D eigenvalue weighted by Crippen LogP contribution is 2.17. The van der Waals surface area contributed by atoms with E-state index >= 15 is 0 Å². The van der Waals surface area contributed by atoms with Gasteiger partial charge >= 0.3 is 8.56 Å². The zero-order valence-electron chi connectivity index (χ0n) is 28.0. The van der Waals surface area contributed by atoms with E-state index in [1.165, 1.54) is 116 Å². The molecule has 0 aliphatic heterocycles. The van der Waals surface area contributed by atoms with Crippen LogP contribution in [0, 0.1) is 0 Å². The maximum Gasteiger partial charge on any atom is 0.333 e. The average molecular weight is 588 g/mol. The highest BCUT2D eigenvalue weighted by molar-refractivity contribution is 6.64. The van der Waals surface area contributed by atoms with Gasteiger partial charge in [-0.2, -0.15) is 0 Å². The molecule has 0 saturated carbocycles. The van der Waals surface area contributed by atoms with Crippen LogP contribution in [0.15, 0.2) is 0 Å². The van der Waals surface area contributed by atoms with Gasteiger partial charge in [-0.15, -0.1) is 0 Å². The summed E-state index contributed by atoms with van der Waals surface area (Å²) >= 11 is 0. The molecule has 1 N–H and O–H groups in total. The molecule has 242 valence electrons. The van der Waals surface area contributed by atoms with E-state index in [-0.39, 0.29) is 6.29 Å². The molecule has 0 aromatic heterocycles. The van der Waals surface area contributed by atoms with Gasteiger partial charge in [0.1, 0.15) is 6.29 Å². The highest BCUT2D eigenvalue weighted by Gasteiger charge is 2.28. The van der Waals surface area contributed by atoms with E-state index in [0.717, 1.165) is 58.3 Å². The summed E-state index contributed by atoms with van der Waals surface area (Å²) in [6.07, 6.45) is 27.6.